The van der Waals surface area contributed by atoms with E-state index in [1.54, 1.807) is 38.2 Å². The van der Waals surface area contributed by atoms with E-state index < -0.39 is 35.6 Å². The minimum Gasteiger partial charge on any atom is -0.508 e. The summed E-state index contributed by atoms with van der Waals surface area (Å²) in [5, 5.41) is 11.6. The highest BCUT2D eigenvalue weighted by molar-refractivity contribution is 6.03. The van der Waals surface area contributed by atoms with E-state index in [0.29, 0.717) is 21.9 Å². The van der Waals surface area contributed by atoms with Crippen molar-refractivity contribution in [2.75, 3.05) is 51.0 Å². The second-order valence-electron chi connectivity index (χ2n) is 13.0. The number of phenols is 1. The number of ether oxygens (including phenoxy) is 2. The van der Waals surface area contributed by atoms with Crippen molar-refractivity contribution in [3.8, 4) is 28.9 Å². The summed E-state index contributed by atoms with van der Waals surface area (Å²) in [5.74, 6) is -4.04. The van der Waals surface area contributed by atoms with Crippen LogP contribution in [0.5, 0.6) is 17.6 Å². The van der Waals surface area contributed by atoms with Crippen molar-refractivity contribution in [1.82, 2.24) is 24.8 Å². The Hall–Kier alpha value is -4.98. The molecule has 3 aromatic heterocycles. The van der Waals surface area contributed by atoms with Crippen LogP contribution in [0, 0.1) is 17.0 Å². The van der Waals surface area contributed by atoms with Crippen LogP contribution in [0.1, 0.15) is 37.4 Å². The molecule has 0 bridgehead atoms. The van der Waals surface area contributed by atoms with Crippen LogP contribution >= 0.6 is 0 Å². The Kier molecular flexibility index (Phi) is 7.88. The molecular weight excluding hydrogens is 642 g/mol. The van der Waals surface area contributed by atoms with E-state index >= 15 is 8.78 Å². The predicted molar refractivity (Wildman–Crippen MR) is 177 cm³/mol. The molecule has 1 fully saturated rings. The van der Waals surface area contributed by atoms with Crippen molar-refractivity contribution in [2.24, 2.45) is 5.41 Å². The quantitative estimate of drug-likeness (QED) is 0.172. The predicted octanol–water partition coefficient (Wildman–Crippen LogP) is 6.29. The number of halogens is 4. The molecule has 2 aliphatic rings. The molecule has 7 rings (SSSR count). The number of aromatic nitrogens is 4. The number of nitrogens with two attached hydrogens (primary N) is 1. The summed E-state index contributed by atoms with van der Waals surface area (Å²) in [5.41, 5.74) is 5.42. The number of hydrogen-bond donors (Lipinski definition) is 2. The molecule has 5 aromatic rings. The number of aromatic hydroxyl groups is 1. The third kappa shape index (κ3) is 5.47. The molecule has 14 heteroatoms. The van der Waals surface area contributed by atoms with Crippen molar-refractivity contribution >= 4 is 33.3 Å². The Morgan fingerprint density at radius 1 is 1.12 bits per heavy atom. The van der Waals surface area contributed by atoms with Gasteiger partial charge < -0.3 is 30.1 Å². The van der Waals surface area contributed by atoms with Gasteiger partial charge in [-0.15, -0.1) is 0 Å². The second-order valence-corrected chi connectivity index (χ2v) is 13.0. The van der Waals surface area contributed by atoms with Gasteiger partial charge >= 0.3 is 6.01 Å². The Morgan fingerprint density at radius 3 is 2.59 bits per heavy atom. The Morgan fingerprint density at radius 2 is 1.90 bits per heavy atom. The van der Waals surface area contributed by atoms with Crippen LogP contribution in [0.2, 0.25) is 0 Å². The molecule has 3 N–H and O–H groups in total. The number of pyridine rings is 2. The normalized spacial score (nSPS) is 18.8. The fraction of sp³-hybridized carbons (Fsp3) is 0.371. The topological polar surface area (TPSA) is 123 Å². The summed E-state index contributed by atoms with van der Waals surface area (Å²) in [6.07, 6.45) is 1.48. The van der Waals surface area contributed by atoms with E-state index in [9.17, 15) is 13.9 Å². The lowest BCUT2D eigenvalue weighted by molar-refractivity contribution is 0.0288. The molecule has 49 heavy (non-hydrogen) atoms. The minimum absolute atomic E-state index is 0.00515. The average Bonchev–Trinajstić information content (AvgIpc) is 3.66. The molecule has 0 spiro atoms. The number of anilines is 2. The molecule has 1 saturated carbocycles. The van der Waals surface area contributed by atoms with Gasteiger partial charge in [0.15, 0.2) is 5.82 Å². The lowest BCUT2D eigenvalue weighted by atomic mass is 9.94. The monoisotopic (exact) mass is 677 g/mol. The first-order valence-electron chi connectivity index (χ1n) is 15.9. The van der Waals surface area contributed by atoms with E-state index in [0.717, 1.165) is 0 Å². The van der Waals surface area contributed by atoms with Gasteiger partial charge in [-0.1, -0.05) is 19.1 Å². The van der Waals surface area contributed by atoms with E-state index in [2.05, 4.69) is 19.9 Å². The highest BCUT2D eigenvalue weighted by Gasteiger charge is 2.71. The zero-order chi connectivity index (χ0) is 34.8. The largest absolute Gasteiger partial charge is 0.508 e. The zero-order valence-electron chi connectivity index (χ0n) is 27.4. The highest BCUT2D eigenvalue weighted by Crippen LogP contribution is 2.60. The maximum atomic E-state index is 17.1. The van der Waals surface area contributed by atoms with Gasteiger partial charge in [-0.3, -0.25) is 0 Å². The smallest absolute Gasteiger partial charge is 0.319 e. The Balaban J connectivity index is 1.45. The van der Waals surface area contributed by atoms with E-state index in [-0.39, 0.29) is 84.0 Å². The molecular formula is C35H35F4N7O3. The third-order valence-corrected chi connectivity index (χ3v) is 9.41. The van der Waals surface area contributed by atoms with Crippen molar-refractivity contribution < 1.29 is 32.1 Å². The first-order chi connectivity index (χ1) is 23.3. The van der Waals surface area contributed by atoms with Gasteiger partial charge in [0.2, 0.25) is 5.88 Å². The number of fused-ring (bicyclic) bond motifs is 1. The van der Waals surface area contributed by atoms with E-state index in [4.69, 9.17) is 15.2 Å². The molecule has 2 aromatic carbocycles. The summed E-state index contributed by atoms with van der Waals surface area (Å²) in [7, 11) is 3.40. The van der Waals surface area contributed by atoms with Crippen molar-refractivity contribution in [2.45, 2.75) is 38.7 Å². The van der Waals surface area contributed by atoms with Crippen LogP contribution in [0.3, 0.4) is 0 Å². The lowest BCUT2D eigenvalue weighted by Gasteiger charge is -2.30. The standard InChI is InChI=1S/C35H35F4N7O3/c1-5-21-24(36)9-8-19-13-20(47)14-23(25(19)21)28-27(37)29-26-31(44-33(43-29)49-17-34(16-45(3)4)15-35(34,38)39)46(11-12-48-32(26)42-28)18(2)22-7-6-10-41-30(22)40/h6-10,13-14,18,47H,5,11-12,15-17H2,1-4H3,(H2,40,41)/t18-,34?/m1/s1. The maximum absolute atomic E-state index is 17.1. The van der Waals surface area contributed by atoms with Crippen LogP contribution in [0.15, 0.2) is 42.6 Å². The second kappa shape index (κ2) is 11.9. The van der Waals surface area contributed by atoms with E-state index in [1.165, 1.54) is 24.3 Å². The number of nitrogens with zero attached hydrogens (tertiary/aromatic N) is 6. The summed E-state index contributed by atoms with van der Waals surface area (Å²) < 4.78 is 73.5. The van der Waals surface area contributed by atoms with Crippen molar-refractivity contribution in [3.05, 3.63) is 65.4 Å². The minimum atomic E-state index is -2.95. The SMILES string of the molecule is CCc1c(F)ccc2cc(O)cc(-c3nc4c5c(nc(OCC6(CN(C)C)CC6(F)F)nc5c3F)N([C@H](C)c3cccnc3N)CCO4)c12. The van der Waals surface area contributed by atoms with E-state index in [1.807, 2.05) is 17.9 Å². The first kappa shape index (κ1) is 32.6. The van der Waals surface area contributed by atoms with Crippen LogP contribution < -0.4 is 20.1 Å². The number of aryl methyl sites for hydroxylation is 1. The van der Waals surface area contributed by atoms with Gasteiger partial charge in [-0.25, -0.2) is 27.5 Å². The number of phenolic OH excluding ortho intramolecular Hbond substituents is 1. The number of hydrogen-bond acceptors (Lipinski definition) is 10. The molecule has 0 radical (unpaired) electrons. The van der Waals surface area contributed by atoms with Crippen molar-refractivity contribution in [1.29, 1.82) is 0 Å². The summed E-state index contributed by atoms with van der Waals surface area (Å²) in [6, 6.07) is 8.38. The van der Waals surface area contributed by atoms with Gasteiger partial charge in [0.1, 0.15) is 53.0 Å². The number of benzene rings is 2. The molecule has 1 unspecified atom stereocenters. The number of nitrogen functional groups attached to an aromatic ring is 1. The van der Waals surface area contributed by atoms with Gasteiger partial charge in [-0.05, 0) is 68.0 Å². The Bertz CT molecular complexity index is 2110. The van der Waals surface area contributed by atoms with Crippen LogP contribution in [0.25, 0.3) is 32.9 Å². The summed E-state index contributed by atoms with van der Waals surface area (Å²) in [6.45, 7) is 3.64. The first-order valence-corrected chi connectivity index (χ1v) is 15.9. The van der Waals surface area contributed by atoms with Crippen LogP contribution in [0.4, 0.5) is 29.2 Å². The van der Waals surface area contributed by atoms with Gasteiger partial charge in [-0.2, -0.15) is 9.97 Å². The summed E-state index contributed by atoms with van der Waals surface area (Å²) in [4.78, 5) is 21.4. The highest BCUT2D eigenvalue weighted by atomic mass is 19.3. The molecule has 0 amide bonds. The number of alkyl halides is 2. The molecule has 256 valence electrons. The van der Waals surface area contributed by atoms with Crippen molar-refractivity contribution in [3.63, 3.8) is 0 Å². The van der Waals surface area contributed by atoms with Crippen LogP contribution in [-0.4, -0.2) is 76.3 Å². The maximum Gasteiger partial charge on any atom is 0.319 e. The molecule has 10 nitrogen and oxygen atoms in total. The van der Waals surface area contributed by atoms with Gasteiger partial charge in [0.05, 0.1) is 18.0 Å². The van der Waals surface area contributed by atoms with Gasteiger partial charge in [0, 0.05) is 30.3 Å². The zero-order valence-corrected chi connectivity index (χ0v) is 27.4. The molecule has 0 saturated heterocycles. The van der Waals surface area contributed by atoms with Gasteiger partial charge in [0.25, 0.3) is 5.92 Å². The molecule has 4 heterocycles. The molecule has 2 atom stereocenters. The fourth-order valence-corrected chi connectivity index (χ4v) is 6.93. The Labute approximate surface area is 279 Å². The third-order valence-electron chi connectivity index (χ3n) is 9.41. The summed E-state index contributed by atoms with van der Waals surface area (Å²) >= 11 is 0. The molecule has 1 aliphatic carbocycles. The van der Waals surface area contributed by atoms with Crippen LogP contribution in [-0.2, 0) is 6.42 Å². The molecule has 1 aliphatic heterocycles. The fourth-order valence-electron chi connectivity index (χ4n) is 6.93. The average molecular weight is 678 g/mol. The lowest BCUT2D eigenvalue weighted by Crippen LogP contribution is -2.33. The number of rotatable bonds is 9.